The minimum Gasteiger partial charge on any atom is -0.496 e. The summed E-state index contributed by atoms with van der Waals surface area (Å²) in [6.45, 7) is 2.20. The third-order valence-electron chi connectivity index (χ3n) is 6.28. The van der Waals surface area contributed by atoms with E-state index in [0.29, 0.717) is 0 Å². The van der Waals surface area contributed by atoms with Gasteiger partial charge in [-0.25, -0.2) is 0 Å². The first-order chi connectivity index (χ1) is 16.2. The van der Waals surface area contributed by atoms with Crippen LogP contribution in [-0.2, 0) is 0 Å². The molecular formula is C30H31NO2. The first kappa shape index (κ1) is 22.8. The summed E-state index contributed by atoms with van der Waals surface area (Å²) in [6, 6.07) is 39.2. The molecule has 0 unspecified atom stereocenters. The van der Waals surface area contributed by atoms with E-state index >= 15 is 0 Å². The summed E-state index contributed by atoms with van der Waals surface area (Å²) in [7, 11) is 1.71. The Morgan fingerprint density at radius 2 is 1.12 bits per heavy atom. The van der Waals surface area contributed by atoms with Crippen LogP contribution in [0, 0.1) is 0 Å². The molecule has 0 fully saturated rings. The Morgan fingerprint density at radius 3 is 1.61 bits per heavy atom. The highest BCUT2D eigenvalue weighted by Gasteiger charge is 2.34. The average molecular weight is 438 g/mol. The number of benzene rings is 4. The molecule has 0 saturated heterocycles. The van der Waals surface area contributed by atoms with Crippen LogP contribution in [0.4, 0.5) is 0 Å². The predicted octanol–water partition coefficient (Wildman–Crippen LogP) is 6.58. The minimum atomic E-state index is -0.212. The smallest absolute Gasteiger partial charge is 0.123 e. The van der Waals surface area contributed by atoms with Crippen molar-refractivity contribution in [3.8, 4) is 5.75 Å². The summed E-state index contributed by atoms with van der Waals surface area (Å²) in [6.07, 6.45) is 0. The zero-order valence-electron chi connectivity index (χ0n) is 19.2. The van der Waals surface area contributed by atoms with Crippen LogP contribution in [0.3, 0.4) is 0 Å². The van der Waals surface area contributed by atoms with Crippen LogP contribution >= 0.6 is 0 Å². The second-order valence-electron chi connectivity index (χ2n) is 8.20. The summed E-state index contributed by atoms with van der Waals surface area (Å²) in [4.78, 5) is 2.41. The zero-order valence-corrected chi connectivity index (χ0v) is 19.2. The van der Waals surface area contributed by atoms with Crippen LogP contribution in [0.25, 0.3) is 0 Å². The second-order valence-corrected chi connectivity index (χ2v) is 8.20. The van der Waals surface area contributed by atoms with Gasteiger partial charge in [-0.3, -0.25) is 4.90 Å². The molecule has 0 spiro atoms. The quantitative estimate of drug-likeness (QED) is 0.321. The van der Waals surface area contributed by atoms with Gasteiger partial charge in [-0.05, 0) is 29.7 Å². The van der Waals surface area contributed by atoms with Gasteiger partial charge in [-0.1, -0.05) is 109 Å². The van der Waals surface area contributed by atoms with E-state index < -0.39 is 0 Å². The lowest BCUT2D eigenvalue weighted by Gasteiger charge is -2.43. The Morgan fingerprint density at radius 1 is 0.667 bits per heavy atom. The number of aliphatic hydroxyl groups excluding tert-OH is 1. The standard InChI is InChI=1S/C30H31NO2/c1-23(27-20-12-13-21-29(27)33-2)31(28(22-32)24-14-6-3-7-15-24)30(25-16-8-4-9-17-25)26-18-10-5-11-19-26/h3-21,23,28,30,32H,22H2,1-2H3/t23-,28-/m0/s1. The lowest BCUT2D eigenvalue weighted by atomic mass is 9.90. The molecule has 2 atom stereocenters. The molecule has 4 rings (SSSR count). The van der Waals surface area contributed by atoms with Crippen molar-refractivity contribution in [3.63, 3.8) is 0 Å². The number of nitrogens with zero attached hydrogens (tertiary/aromatic N) is 1. The maximum atomic E-state index is 10.7. The lowest BCUT2D eigenvalue weighted by molar-refractivity contribution is 0.0594. The molecule has 0 aromatic heterocycles. The minimum absolute atomic E-state index is 0.000328. The van der Waals surface area contributed by atoms with E-state index in [9.17, 15) is 5.11 Å². The van der Waals surface area contributed by atoms with Crippen molar-refractivity contribution in [2.45, 2.75) is 25.0 Å². The third kappa shape index (κ3) is 5.00. The molecule has 1 N–H and O–H groups in total. The van der Waals surface area contributed by atoms with Crippen molar-refractivity contribution >= 4 is 0 Å². The third-order valence-corrected chi connectivity index (χ3v) is 6.28. The van der Waals surface area contributed by atoms with Crippen LogP contribution in [0.5, 0.6) is 5.75 Å². The second kappa shape index (κ2) is 11.0. The van der Waals surface area contributed by atoms with E-state index in [1.54, 1.807) is 7.11 Å². The molecule has 0 bridgehead atoms. The maximum absolute atomic E-state index is 10.7. The molecule has 33 heavy (non-hydrogen) atoms. The van der Waals surface area contributed by atoms with Gasteiger partial charge in [-0.15, -0.1) is 0 Å². The van der Waals surface area contributed by atoms with Gasteiger partial charge in [0.15, 0.2) is 0 Å². The molecule has 3 nitrogen and oxygen atoms in total. The molecule has 0 aliphatic carbocycles. The number of ether oxygens (including phenoxy) is 1. The summed E-state index contributed by atoms with van der Waals surface area (Å²) in [5.74, 6) is 0.847. The first-order valence-corrected chi connectivity index (χ1v) is 11.4. The van der Waals surface area contributed by atoms with Crippen molar-refractivity contribution in [2.24, 2.45) is 0 Å². The van der Waals surface area contributed by atoms with Gasteiger partial charge in [0, 0.05) is 11.6 Å². The summed E-state index contributed by atoms with van der Waals surface area (Å²) in [5, 5.41) is 10.7. The molecule has 0 aliphatic heterocycles. The van der Waals surface area contributed by atoms with Gasteiger partial charge in [-0.2, -0.15) is 0 Å². The van der Waals surface area contributed by atoms with E-state index in [1.807, 2.05) is 48.5 Å². The molecular weight excluding hydrogens is 406 g/mol. The van der Waals surface area contributed by atoms with Crippen LogP contribution in [-0.4, -0.2) is 23.7 Å². The van der Waals surface area contributed by atoms with Gasteiger partial charge in [0.05, 0.1) is 25.8 Å². The van der Waals surface area contributed by atoms with Crippen molar-refractivity contribution in [2.75, 3.05) is 13.7 Å². The number of methoxy groups -OCH3 is 1. The summed E-state index contributed by atoms with van der Waals surface area (Å²) in [5.41, 5.74) is 4.53. The first-order valence-electron chi connectivity index (χ1n) is 11.4. The Labute approximate surface area is 196 Å². The normalized spacial score (nSPS) is 13.1. The summed E-state index contributed by atoms with van der Waals surface area (Å²) >= 11 is 0. The highest BCUT2D eigenvalue weighted by molar-refractivity contribution is 5.39. The van der Waals surface area contributed by atoms with Gasteiger partial charge in [0.2, 0.25) is 0 Å². The molecule has 0 saturated carbocycles. The van der Waals surface area contributed by atoms with E-state index in [2.05, 4.69) is 78.6 Å². The monoisotopic (exact) mass is 437 g/mol. The molecule has 3 heteroatoms. The number of aliphatic hydroxyl groups is 1. The lowest BCUT2D eigenvalue weighted by Crippen LogP contribution is -2.37. The number of para-hydroxylation sites is 1. The van der Waals surface area contributed by atoms with Crippen molar-refractivity contribution < 1.29 is 9.84 Å². The fourth-order valence-electron chi connectivity index (χ4n) is 4.70. The van der Waals surface area contributed by atoms with E-state index in [-0.39, 0.29) is 24.7 Å². The Balaban J connectivity index is 1.93. The van der Waals surface area contributed by atoms with Crippen LogP contribution in [0.2, 0.25) is 0 Å². The van der Waals surface area contributed by atoms with Gasteiger partial charge in [0.25, 0.3) is 0 Å². The Bertz CT molecular complexity index is 1080. The average Bonchev–Trinajstić information content (AvgIpc) is 2.90. The number of rotatable bonds is 9. The van der Waals surface area contributed by atoms with Crippen LogP contribution in [0.1, 0.15) is 47.3 Å². The van der Waals surface area contributed by atoms with Gasteiger partial charge < -0.3 is 9.84 Å². The molecule has 0 radical (unpaired) electrons. The van der Waals surface area contributed by atoms with Crippen LogP contribution in [0.15, 0.2) is 115 Å². The molecule has 0 heterocycles. The molecule has 0 amide bonds. The predicted molar refractivity (Wildman–Crippen MR) is 134 cm³/mol. The topological polar surface area (TPSA) is 32.7 Å². The molecule has 0 aliphatic rings. The van der Waals surface area contributed by atoms with Crippen LogP contribution < -0.4 is 4.74 Å². The van der Waals surface area contributed by atoms with Crippen molar-refractivity contribution in [1.82, 2.24) is 4.90 Å². The highest BCUT2D eigenvalue weighted by atomic mass is 16.5. The van der Waals surface area contributed by atoms with Crippen molar-refractivity contribution in [1.29, 1.82) is 0 Å². The molecule has 4 aromatic carbocycles. The van der Waals surface area contributed by atoms with E-state index in [4.69, 9.17) is 4.74 Å². The van der Waals surface area contributed by atoms with E-state index in [1.165, 1.54) is 11.1 Å². The Kier molecular flexibility index (Phi) is 7.56. The number of hydrogen-bond acceptors (Lipinski definition) is 3. The fraction of sp³-hybridized carbons (Fsp3) is 0.200. The molecule has 168 valence electrons. The highest BCUT2D eigenvalue weighted by Crippen LogP contribution is 2.43. The zero-order chi connectivity index (χ0) is 23.0. The molecule has 4 aromatic rings. The van der Waals surface area contributed by atoms with E-state index in [0.717, 1.165) is 16.9 Å². The number of hydrogen-bond donors (Lipinski definition) is 1. The van der Waals surface area contributed by atoms with Gasteiger partial charge >= 0.3 is 0 Å². The SMILES string of the molecule is COc1ccccc1[C@H](C)N(C(c1ccccc1)c1ccccc1)[C@@H](CO)c1ccccc1. The summed E-state index contributed by atoms with van der Waals surface area (Å²) < 4.78 is 5.74. The Hall–Kier alpha value is -3.40. The fourth-order valence-corrected chi connectivity index (χ4v) is 4.70. The van der Waals surface area contributed by atoms with Crippen molar-refractivity contribution in [3.05, 3.63) is 138 Å². The largest absolute Gasteiger partial charge is 0.496 e. The maximum Gasteiger partial charge on any atom is 0.123 e. The van der Waals surface area contributed by atoms with Gasteiger partial charge in [0.1, 0.15) is 5.75 Å².